The number of esters is 1. The van der Waals surface area contributed by atoms with Gasteiger partial charge in [-0.15, -0.1) is 0 Å². The predicted molar refractivity (Wildman–Crippen MR) is 157 cm³/mol. The number of nitrogens with one attached hydrogen (secondary N) is 2. The predicted octanol–water partition coefficient (Wildman–Crippen LogP) is 4.38. The molecule has 3 heterocycles. The van der Waals surface area contributed by atoms with Crippen LogP contribution in [0, 0.1) is 0 Å². The van der Waals surface area contributed by atoms with Crippen LogP contribution in [0.25, 0.3) is 16.7 Å². The normalized spacial score (nSPS) is 18.5. The van der Waals surface area contributed by atoms with Crippen LogP contribution in [0.4, 0.5) is 17.3 Å². The molecule has 9 heteroatoms. The lowest BCUT2D eigenvalue weighted by atomic mass is 10.1. The SMILES string of the molecule is CCOC(=O)c1cn(-c2ccc3c(c2)CCC3)c2nc(Nc3ccc(N4CC(C)NC(C)C4)cc3)ncc2c1=O. The molecule has 2 N–H and O–H groups in total. The van der Waals surface area contributed by atoms with E-state index >= 15 is 0 Å². The van der Waals surface area contributed by atoms with Crippen molar-refractivity contribution in [1.82, 2.24) is 19.9 Å². The molecular weight excluding hydrogens is 504 g/mol. The van der Waals surface area contributed by atoms with Crippen LogP contribution in [0.5, 0.6) is 0 Å². The minimum atomic E-state index is -0.653. The van der Waals surface area contributed by atoms with E-state index in [0.29, 0.717) is 23.7 Å². The second-order valence-corrected chi connectivity index (χ2v) is 10.7. The van der Waals surface area contributed by atoms with Crippen LogP contribution < -0.4 is 21.0 Å². The molecule has 1 saturated heterocycles. The van der Waals surface area contributed by atoms with Crippen molar-refractivity contribution in [2.24, 2.45) is 0 Å². The minimum absolute atomic E-state index is 0.0358. The van der Waals surface area contributed by atoms with Crippen LogP contribution in [0.3, 0.4) is 0 Å². The molecular formula is C31H34N6O3. The Morgan fingerprint density at radius 3 is 2.52 bits per heavy atom. The first-order valence-electron chi connectivity index (χ1n) is 14.0. The van der Waals surface area contributed by atoms with Gasteiger partial charge in [0.1, 0.15) is 5.56 Å². The average molecular weight is 539 g/mol. The Morgan fingerprint density at radius 2 is 1.77 bits per heavy atom. The van der Waals surface area contributed by atoms with Gasteiger partial charge < -0.3 is 24.8 Å². The summed E-state index contributed by atoms with van der Waals surface area (Å²) in [6, 6.07) is 15.3. The summed E-state index contributed by atoms with van der Waals surface area (Å²) < 4.78 is 6.97. The maximum atomic E-state index is 13.3. The van der Waals surface area contributed by atoms with E-state index in [0.717, 1.165) is 43.7 Å². The van der Waals surface area contributed by atoms with Gasteiger partial charge in [0.15, 0.2) is 5.65 Å². The van der Waals surface area contributed by atoms with Crippen LogP contribution in [0.2, 0.25) is 0 Å². The molecule has 1 aliphatic carbocycles. The van der Waals surface area contributed by atoms with Gasteiger partial charge in [0.25, 0.3) is 0 Å². The van der Waals surface area contributed by atoms with Gasteiger partial charge in [-0.1, -0.05) is 6.07 Å². The number of ether oxygens (including phenoxy) is 1. The van der Waals surface area contributed by atoms with Crippen molar-refractivity contribution in [3.8, 4) is 5.69 Å². The maximum absolute atomic E-state index is 13.3. The number of carbonyl (C=O) groups is 1. The quantitative estimate of drug-likeness (QED) is 0.349. The van der Waals surface area contributed by atoms with Gasteiger partial charge >= 0.3 is 5.97 Å². The van der Waals surface area contributed by atoms with Gasteiger partial charge in [0.05, 0.1) is 12.0 Å². The van der Waals surface area contributed by atoms with Crippen molar-refractivity contribution in [2.45, 2.75) is 52.1 Å². The number of fused-ring (bicyclic) bond motifs is 2. The monoisotopic (exact) mass is 538 g/mol. The summed E-state index contributed by atoms with van der Waals surface area (Å²) >= 11 is 0. The number of aryl methyl sites for hydroxylation is 2. The summed E-state index contributed by atoms with van der Waals surface area (Å²) in [5.41, 5.74) is 5.41. The van der Waals surface area contributed by atoms with Gasteiger partial charge in [0, 0.05) is 54.6 Å². The van der Waals surface area contributed by atoms with Crippen LogP contribution in [0.1, 0.15) is 48.7 Å². The number of carbonyl (C=O) groups excluding carboxylic acids is 1. The second kappa shape index (κ2) is 10.7. The molecule has 2 aromatic heterocycles. The number of benzene rings is 2. The van der Waals surface area contributed by atoms with E-state index in [1.807, 2.05) is 18.2 Å². The molecule has 2 atom stereocenters. The van der Waals surface area contributed by atoms with E-state index in [-0.39, 0.29) is 17.6 Å². The number of pyridine rings is 1. The Kier molecular flexibility index (Phi) is 6.98. The maximum Gasteiger partial charge on any atom is 0.343 e. The zero-order valence-electron chi connectivity index (χ0n) is 23.1. The zero-order chi connectivity index (χ0) is 27.8. The first kappa shape index (κ1) is 26.0. The third-order valence-electron chi connectivity index (χ3n) is 7.65. The number of hydrogen-bond donors (Lipinski definition) is 2. The highest BCUT2D eigenvalue weighted by Gasteiger charge is 2.22. The van der Waals surface area contributed by atoms with Crippen molar-refractivity contribution in [1.29, 1.82) is 0 Å². The van der Waals surface area contributed by atoms with Crippen LogP contribution in [-0.2, 0) is 17.6 Å². The van der Waals surface area contributed by atoms with Gasteiger partial charge in [-0.25, -0.2) is 9.78 Å². The summed E-state index contributed by atoms with van der Waals surface area (Å²) in [6.45, 7) is 8.22. The van der Waals surface area contributed by atoms with E-state index in [1.54, 1.807) is 17.7 Å². The Balaban J connectivity index is 1.36. The lowest BCUT2D eigenvalue weighted by Gasteiger charge is -2.37. The van der Waals surface area contributed by atoms with Gasteiger partial charge in [0.2, 0.25) is 11.4 Å². The Morgan fingerprint density at radius 1 is 1.05 bits per heavy atom. The first-order chi connectivity index (χ1) is 19.4. The molecule has 2 aliphatic rings. The summed E-state index contributed by atoms with van der Waals surface area (Å²) in [5.74, 6) is -0.289. The van der Waals surface area contributed by atoms with Crippen LogP contribution in [0.15, 0.2) is 59.7 Å². The lowest BCUT2D eigenvalue weighted by molar-refractivity contribution is 0.0524. The number of piperazine rings is 1. The lowest BCUT2D eigenvalue weighted by Crippen LogP contribution is -2.54. The van der Waals surface area contributed by atoms with E-state index in [4.69, 9.17) is 9.72 Å². The first-order valence-corrected chi connectivity index (χ1v) is 14.0. The van der Waals surface area contributed by atoms with E-state index in [1.165, 1.54) is 23.0 Å². The van der Waals surface area contributed by atoms with Crippen molar-refractivity contribution >= 4 is 34.3 Å². The molecule has 2 aromatic carbocycles. The number of aromatic nitrogens is 3. The highest BCUT2D eigenvalue weighted by molar-refractivity contribution is 5.93. The molecule has 40 heavy (non-hydrogen) atoms. The topological polar surface area (TPSA) is 101 Å². The number of hydrogen-bond acceptors (Lipinski definition) is 8. The fourth-order valence-corrected chi connectivity index (χ4v) is 5.85. The van der Waals surface area contributed by atoms with Crippen LogP contribution in [-0.4, -0.2) is 52.3 Å². The zero-order valence-corrected chi connectivity index (χ0v) is 23.1. The fraction of sp³-hybridized carbons (Fsp3) is 0.355. The third kappa shape index (κ3) is 5.04. The number of rotatable bonds is 6. The largest absolute Gasteiger partial charge is 0.462 e. The summed E-state index contributed by atoms with van der Waals surface area (Å²) in [7, 11) is 0. The van der Waals surface area contributed by atoms with Crippen molar-refractivity contribution in [3.63, 3.8) is 0 Å². The molecule has 0 amide bonds. The third-order valence-corrected chi connectivity index (χ3v) is 7.65. The molecule has 1 fully saturated rings. The van der Waals surface area contributed by atoms with Crippen LogP contribution >= 0.6 is 0 Å². The van der Waals surface area contributed by atoms with Crippen molar-refractivity contribution in [3.05, 3.63) is 81.8 Å². The molecule has 4 aromatic rings. The van der Waals surface area contributed by atoms with Crippen molar-refractivity contribution < 1.29 is 9.53 Å². The molecule has 9 nitrogen and oxygen atoms in total. The number of nitrogens with zero attached hydrogens (tertiary/aromatic N) is 4. The standard InChI is InChI=1S/C31H34N6O3/c1-4-40-30(39)27-18-37(25-11-8-21-6-5-7-22(21)14-25)29-26(28(27)38)15-32-31(35-29)34-23-9-12-24(13-10-23)36-16-19(2)33-20(3)17-36/h8-15,18-20,33H,4-7,16-17H2,1-3H3,(H,32,34,35). The average Bonchev–Trinajstić information content (AvgIpc) is 3.41. The Labute approximate surface area is 233 Å². The molecule has 6 rings (SSSR count). The molecule has 0 radical (unpaired) electrons. The summed E-state index contributed by atoms with van der Waals surface area (Å²) in [5, 5.41) is 7.10. The molecule has 0 bridgehead atoms. The molecule has 1 aliphatic heterocycles. The van der Waals surface area contributed by atoms with E-state index in [9.17, 15) is 9.59 Å². The van der Waals surface area contributed by atoms with Gasteiger partial charge in [-0.2, -0.15) is 4.98 Å². The fourth-order valence-electron chi connectivity index (χ4n) is 5.85. The summed E-state index contributed by atoms with van der Waals surface area (Å²) in [6.07, 6.45) is 6.23. The minimum Gasteiger partial charge on any atom is -0.462 e. The highest BCUT2D eigenvalue weighted by atomic mass is 16.5. The number of anilines is 3. The Bertz CT molecular complexity index is 1620. The smallest absolute Gasteiger partial charge is 0.343 e. The second-order valence-electron chi connectivity index (χ2n) is 10.7. The van der Waals surface area contributed by atoms with Gasteiger partial charge in [-0.05, 0) is 87.6 Å². The highest BCUT2D eigenvalue weighted by Crippen LogP contribution is 2.27. The van der Waals surface area contributed by atoms with Gasteiger partial charge in [-0.3, -0.25) is 4.79 Å². The van der Waals surface area contributed by atoms with E-state index in [2.05, 4.69) is 58.6 Å². The molecule has 206 valence electrons. The molecule has 0 saturated carbocycles. The molecule has 2 unspecified atom stereocenters. The molecule has 0 spiro atoms. The van der Waals surface area contributed by atoms with E-state index < -0.39 is 11.4 Å². The van der Waals surface area contributed by atoms with Crippen molar-refractivity contribution in [2.75, 3.05) is 29.9 Å². The summed E-state index contributed by atoms with van der Waals surface area (Å²) in [4.78, 5) is 37.5. The Hall–Kier alpha value is -4.24.